The summed E-state index contributed by atoms with van der Waals surface area (Å²) in [5.41, 5.74) is 3.15. The Balaban J connectivity index is 0.00000341. The van der Waals surface area contributed by atoms with Crippen LogP contribution in [0.1, 0.15) is 23.9 Å². The number of rotatable bonds is 8. The number of aromatic nitrogens is 3. The lowest BCUT2D eigenvalue weighted by Gasteiger charge is -2.23. The van der Waals surface area contributed by atoms with E-state index in [4.69, 9.17) is 14.5 Å². The number of ether oxygens (including phenoxy) is 2. The van der Waals surface area contributed by atoms with Gasteiger partial charge in [0.2, 0.25) is 0 Å². The molecule has 2 aromatic heterocycles. The van der Waals surface area contributed by atoms with Gasteiger partial charge in [-0.15, -0.1) is 34.2 Å². The van der Waals surface area contributed by atoms with E-state index >= 15 is 0 Å². The van der Waals surface area contributed by atoms with Crippen molar-refractivity contribution >= 4 is 35.6 Å². The fourth-order valence-electron chi connectivity index (χ4n) is 3.32. The van der Waals surface area contributed by atoms with Gasteiger partial charge in [0.1, 0.15) is 5.82 Å². The van der Waals surface area contributed by atoms with Gasteiger partial charge in [-0.1, -0.05) is 6.07 Å². The first-order valence-electron chi connectivity index (χ1n) is 10.1. The van der Waals surface area contributed by atoms with Gasteiger partial charge in [0.05, 0.1) is 14.2 Å². The molecule has 0 bridgehead atoms. The molecule has 0 unspecified atom stereocenters. The molecule has 3 rings (SSSR count). The third kappa shape index (κ3) is 5.99. The fraction of sp³-hybridized carbons (Fsp3) is 0.409. The van der Waals surface area contributed by atoms with Gasteiger partial charge < -0.3 is 19.7 Å². The van der Waals surface area contributed by atoms with Gasteiger partial charge in [-0.05, 0) is 49.2 Å². The van der Waals surface area contributed by atoms with Crippen LogP contribution in [0.5, 0.6) is 11.5 Å². The number of hydrogen-bond donors (Lipinski definition) is 1. The SMILES string of the molecule is CCNC(=NCCc1nnc2ccccn12)N(C)Cc1cc(OC)c(OC)cc1C.I. The quantitative estimate of drug-likeness (QED) is 0.270. The Hall–Kier alpha value is -2.56. The lowest BCUT2D eigenvalue weighted by Crippen LogP contribution is -2.38. The second kappa shape index (κ2) is 11.7. The first kappa shape index (κ1) is 24.7. The largest absolute Gasteiger partial charge is 0.493 e. The van der Waals surface area contributed by atoms with Crippen molar-refractivity contribution in [3.63, 3.8) is 0 Å². The predicted octanol–water partition coefficient (Wildman–Crippen LogP) is 3.31. The second-order valence-corrected chi connectivity index (χ2v) is 7.02. The highest BCUT2D eigenvalue weighted by molar-refractivity contribution is 14.0. The third-order valence-electron chi connectivity index (χ3n) is 4.93. The van der Waals surface area contributed by atoms with Gasteiger partial charge in [0.15, 0.2) is 23.1 Å². The molecule has 0 atom stereocenters. The number of aliphatic imine (C=N–C) groups is 1. The van der Waals surface area contributed by atoms with Crippen LogP contribution in [0.15, 0.2) is 41.5 Å². The van der Waals surface area contributed by atoms with E-state index < -0.39 is 0 Å². The molecular formula is C22H31IN6O2. The van der Waals surface area contributed by atoms with Crippen molar-refractivity contribution in [1.82, 2.24) is 24.8 Å². The van der Waals surface area contributed by atoms with Crippen molar-refractivity contribution in [3.8, 4) is 11.5 Å². The first-order chi connectivity index (χ1) is 14.6. The maximum atomic E-state index is 5.46. The van der Waals surface area contributed by atoms with Gasteiger partial charge in [-0.25, -0.2) is 0 Å². The molecule has 9 heteroatoms. The van der Waals surface area contributed by atoms with Crippen molar-refractivity contribution < 1.29 is 9.47 Å². The standard InChI is InChI=1S/C22H30N6O2.HI/c1-6-23-22(24-11-10-21-26-25-20-9-7-8-12-28(20)21)27(3)15-17-14-19(30-5)18(29-4)13-16(17)2;/h7-9,12-14H,6,10-11,15H2,1-5H3,(H,23,24);1H. The summed E-state index contributed by atoms with van der Waals surface area (Å²) in [6.45, 7) is 6.25. The van der Waals surface area contributed by atoms with Gasteiger partial charge in [-0.2, -0.15) is 0 Å². The molecule has 0 fully saturated rings. The minimum absolute atomic E-state index is 0. The van der Waals surface area contributed by atoms with Crippen LogP contribution in [0.25, 0.3) is 5.65 Å². The zero-order chi connectivity index (χ0) is 21.5. The zero-order valence-electron chi connectivity index (χ0n) is 18.8. The Labute approximate surface area is 200 Å². The van der Waals surface area contributed by atoms with Gasteiger partial charge >= 0.3 is 0 Å². The molecule has 0 amide bonds. The Morgan fingerprint density at radius 2 is 1.90 bits per heavy atom. The van der Waals surface area contributed by atoms with E-state index in [1.165, 1.54) is 0 Å². The highest BCUT2D eigenvalue weighted by atomic mass is 127. The maximum Gasteiger partial charge on any atom is 0.193 e. The molecule has 0 spiro atoms. The number of aryl methyl sites for hydroxylation is 1. The summed E-state index contributed by atoms with van der Waals surface area (Å²) in [4.78, 5) is 6.90. The smallest absolute Gasteiger partial charge is 0.193 e. The Morgan fingerprint density at radius 1 is 1.16 bits per heavy atom. The number of halogens is 1. The molecular weight excluding hydrogens is 507 g/mol. The average molecular weight is 538 g/mol. The lowest BCUT2D eigenvalue weighted by molar-refractivity contribution is 0.353. The highest BCUT2D eigenvalue weighted by Crippen LogP contribution is 2.30. The molecule has 3 aromatic rings. The van der Waals surface area contributed by atoms with Crippen molar-refractivity contribution in [3.05, 3.63) is 53.5 Å². The van der Waals surface area contributed by atoms with E-state index in [1.54, 1.807) is 14.2 Å². The van der Waals surface area contributed by atoms with Crippen molar-refractivity contribution in [2.24, 2.45) is 4.99 Å². The van der Waals surface area contributed by atoms with Crippen LogP contribution in [0.3, 0.4) is 0 Å². The number of hydrogen-bond acceptors (Lipinski definition) is 5. The minimum atomic E-state index is 0. The van der Waals surface area contributed by atoms with Crippen LogP contribution < -0.4 is 14.8 Å². The number of benzene rings is 1. The van der Waals surface area contributed by atoms with Crippen LogP contribution in [-0.4, -0.2) is 59.8 Å². The number of fused-ring (bicyclic) bond motifs is 1. The molecule has 8 nitrogen and oxygen atoms in total. The summed E-state index contributed by atoms with van der Waals surface area (Å²) in [6.07, 6.45) is 2.69. The zero-order valence-corrected chi connectivity index (χ0v) is 21.1. The normalized spacial score (nSPS) is 11.2. The Morgan fingerprint density at radius 3 is 2.61 bits per heavy atom. The molecule has 1 aromatic carbocycles. The fourth-order valence-corrected chi connectivity index (χ4v) is 3.32. The minimum Gasteiger partial charge on any atom is -0.493 e. The van der Waals surface area contributed by atoms with Gasteiger partial charge in [0.25, 0.3) is 0 Å². The summed E-state index contributed by atoms with van der Waals surface area (Å²) in [7, 11) is 5.34. The molecule has 0 aliphatic rings. The maximum absolute atomic E-state index is 5.46. The van der Waals surface area contributed by atoms with Crippen molar-refractivity contribution in [2.45, 2.75) is 26.8 Å². The monoisotopic (exact) mass is 538 g/mol. The summed E-state index contributed by atoms with van der Waals surface area (Å²) in [5.74, 6) is 3.22. The summed E-state index contributed by atoms with van der Waals surface area (Å²) in [5, 5.41) is 11.8. The topological polar surface area (TPSA) is 76.3 Å². The van der Waals surface area contributed by atoms with Gasteiger partial charge in [-0.3, -0.25) is 9.39 Å². The van der Waals surface area contributed by atoms with E-state index in [-0.39, 0.29) is 24.0 Å². The number of pyridine rings is 1. The van der Waals surface area contributed by atoms with Crippen molar-refractivity contribution in [2.75, 3.05) is 34.4 Å². The molecule has 1 N–H and O–H groups in total. The molecule has 0 aliphatic heterocycles. The third-order valence-corrected chi connectivity index (χ3v) is 4.93. The van der Waals surface area contributed by atoms with Crippen molar-refractivity contribution in [1.29, 1.82) is 0 Å². The van der Waals surface area contributed by atoms with Crippen LogP contribution in [-0.2, 0) is 13.0 Å². The van der Waals surface area contributed by atoms with Crippen LogP contribution in [0, 0.1) is 6.92 Å². The molecule has 2 heterocycles. The summed E-state index contributed by atoms with van der Waals surface area (Å²) < 4.78 is 12.9. The van der Waals surface area contributed by atoms with Crippen LogP contribution in [0.4, 0.5) is 0 Å². The van der Waals surface area contributed by atoms with E-state index in [0.29, 0.717) is 19.5 Å². The lowest BCUT2D eigenvalue weighted by atomic mass is 10.1. The average Bonchev–Trinajstić information content (AvgIpc) is 3.17. The molecule has 168 valence electrons. The number of nitrogens with one attached hydrogen (secondary N) is 1. The Kier molecular flexibility index (Phi) is 9.35. The van der Waals surface area contributed by atoms with Crippen LogP contribution in [0.2, 0.25) is 0 Å². The Bertz CT molecular complexity index is 1020. The number of nitrogens with zero attached hydrogens (tertiary/aromatic N) is 5. The molecule has 0 saturated heterocycles. The van der Waals surface area contributed by atoms with E-state index in [2.05, 4.69) is 34.3 Å². The van der Waals surface area contributed by atoms with E-state index in [1.807, 2.05) is 48.0 Å². The molecule has 0 radical (unpaired) electrons. The molecule has 0 aliphatic carbocycles. The molecule has 0 saturated carbocycles. The van der Waals surface area contributed by atoms with Crippen LogP contribution >= 0.6 is 24.0 Å². The predicted molar refractivity (Wildman–Crippen MR) is 134 cm³/mol. The van der Waals surface area contributed by atoms with E-state index in [9.17, 15) is 0 Å². The first-order valence-corrected chi connectivity index (χ1v) is 10.1. The van der Waals surface area contributed by atoms with E-state index in [0.717, 1.165) is 46.6 Å². The molecule has 31 heavy (non-hydrogen) atoms. The number of guanidine groups is 1. The second-order valence-electron chi connectivity index (χ2n) is 7.02. The van der Waals surface area contributed by atoms with Gasteiger partial charge in [0, 0.05) is 39.3 Å². The highest BCUT2D eigenvalue weighted by Gasteiger charge is 2.13. The number of methoxy groups -OCH3 is 2. The summed E-state index contributed by atoms with van der Waals surface area (Å²) in [6, 6.07) is 9.91. The summed E-state index contributed by atoms with van der Waals surface area (Å²) >= 11 is 0.